The minimum absolute atomic E-state index is 0.140. The van der Waals surface area contributed by atoms with Crippen molar-refractivity contribution in [2.45, 2.75) is 30.8 Å². The molecule has 0 saturated carbocycles. The van der Waals surface area contributed by atoms with E-state index in [0.29, 0.717) is 32.7 Å². The summed E-state index contributed by atoms with van der Waals surface area (Å²) in [5.74, 6) is -0.450. The SMILES string of the molecule is C[C@@H](C#N)OC(=O)CCc1ccc(S(=O)(=O)N2CCOCC2)cc1. The van der Waals surface area contributed by atoms with Crippen LogP contribution in [0.4, 0.5) is 0 Å². The number of esters is 1. The van der Waals surface area contributed by atoms with Gasteiger partial charge in [-0.1, -0.05) is 12.1 Å². The fourth-order valence-corrected chi connectivity index (χ4v) is 3.70. The zero-order valence-electron chi connectivity index (χ0n) is 13.5. The Labute approximate surface area is 141 Å². The second-order valence-electron chi connectivity index (χ2n) is 5.42. The molecule has 8 heteroatoms. The van der Waals surface area contributed by atoms with Crippen molar-refractivity contribution in [2.75, 3.05) is 26.3 Å². The summed E-state index contributed by atoms with van der Waals surface area (Å²) < 4.78 is 36.4. The van der Waals surface area contributed by atoms with E-state index in [9.17, 15) is 13.2 Å². The van der Waals surface area contributed by atoms with Gasteiger partial charge in [0.1, 0.15) is 6.07 Å². The molecule has 7 nitrogen and oxygen atoms in total. The summed E-state index contributed by atoms with van der Waals surface area (Å²) in [5, 5.41) is 8.59. The lowest BCUT2D eigenvalue weighted by Crippen LogP contribution is -2.40. The monoisotopic (exact) mass is 352 g/mol. The first-order chi connectivity index (χ1) is 11.4. The zero-order valence-corrected chi connectivity index (χ0v) is 14.3. The van der Waals surface area contributed by atoms with Crippen LogP contribution in [0.2, 0.25) is 0 Å². The Morgan fingerprint density at radius 1 is 1.33 bits per heavy atom. The molecule has 1 aromatic carbocycles. The van der Waals surface area contributed by atoms with Gasteiger partial charge in [-0.3, -0.25) is 4.79 Å². The average Bonchev–Trinajstić information content (AvgIpc) is 2.61. The molecule has 1 aromatic rings. The number of rotatable bonds is 6. The van der Waals surface area contributed by atoms with Crippen LogP contribution in [-0.2, 0) is 30.7 Å². The van der Waals surface area contributed by atoms with E-state index >= 15 is 0 Å². The number of hydrogen-bond donors (Lipinski definition) is 0. The fraction of sp³-hybridized carbons (Fsp3) is 0.500. The Bertz CT molecular complexity index is 703. The fourth-order valence-electron chi connectivity index (χ4n) is 2.29. The molecule has 0 N–H and O–H groups in total. The molecule has 0 aliphatic carbocycles. The molecule has 0 radical (unpaired) electrons. The third-order valence-electron chi connectivity index (χ3n) is 3.64. The van der Waals surface area contributed by atoms with E-state index in [4.69, 9.17) is 14.7 Å². The van der Waals surface area contributed by atoms with Crippen molar-refractivity contribution < 1.29 is 22.7 Å². The number of hydrogen-bond acceptors (Lipinski definition) is 6. The predicted octanol–water partition coefficient (Wildman–Crippen LogP) is 1.10. The maximum atomic E-state index is 12.5. The second-order valence-corrected chi connectivity index (χ2v) is 7.36. The Morgan fingerprint density at radius 3 is 2.54 bits per heavy atom. The lowest BCUT2D eigenvalue weighted by molar-refractivity contribution is -0.145. The van der Waals surface area contributed by atoms with Crippen LogP contribution in [0.5, 0.6) is 0 Å². The first-order valence-electron chi connectivity index (χ1n) is 7.69. The predicted molar refractivity (Wildman–Crippen MR) is 85.5 cm³/mol. The van der Waals surface area contributed by atoms with E-state index in [1.165, 1.54) is 11.2 Å². The highest BCUT2D eigenvalue weighted by atomic mass is 32.2. The standard InChI is InChI=1S/C16H20N2O5S/c1-13(12-17)23-16(19)7-4-14-2-5-15(6-3-14)24(20,21)18-8-10-22-11-9-18/h2-3,5-6,13H,4,7-11H2,1H3/t13-/m0/s1. The number of aryl methyl sites for hydroxylation is 1. The molecular formula is C16H20N2O5S. The van der Waals surface area contributed by atoms with Crippen LogP contribution in [0, 0.1) is 11.3 Å². The van der Waals surface area contributed by atoms with Gasteiger partial charge in [0.15, 0.2) is 6.10 Å². The number of ether oxygens (including phenoxy) is 2. The smallest absolute Gasteiger partial charge is 0.307 e. The third-order valence-corrected chi connectivity index (χ3v) is 5.55. The molecule has 1 fully saturated rings. The molecule has 0 spiro atoms. The number of sulfonamides is 1. The van der Waals surface area contributed by atoms with Gasteiger partial charge in [-0.15, -0.1) is 0 Å². The van der Waals surface area contributed by atoms with Crippen molar-refractivity contribution in [1.82, 2.24) is 4.31 Å². The first kappa shape index (κ1) is 18.4. The maximum Gasteiger partial charge on any atom is 0.307 e. The van der Waals surface area contributed by atoms with Gasteiger partial charge in [0.25, 0.3) is 0 Å². The molecule has 2 rings (SSSR count). The van der Waals surface area contributed by atoms with Crippen LogP contribution in [0.3, 0.4) is 0 Å². The average molecular weight is 352 g/mol. The van der Waals surface area contributed by atoms with Crippen molar-refractivity contribution in [3.8, 4) is 6.07 Å². The number of morpholine rings is 1. The third kappa shape index (κ3) is 4.77. The number of benzene rings is 1. The van der Waals surface area contributed by atoms with Crippen LogP contribution in [-0.4, -0.2) is 51.1 Å². The quantitative estimate of drug-likeness (QED) is 0.711. The zero-order chi connectivity index (χ0) is 17.6. The lowest BCUT2D eigenvalue weighted by atomic mass is 10.1. The summed E-state index contributed by atoms with van der Waals surface area (Å²) in [5.41, 5.74) is 0.831. The molecule has 0 amide bonds. The summed E-state index contributed by atoms with van der Waals surface area (Å²) >= 11 is 0. The normalized spacial score (nSPS) is 17.0. The Hall–Kier alpha value is -1.95. The summed E-state index contributed by atoms with van der Waals surface area (Å²) in [6.45, 7) is 3.02. The second kappa shape index (κ2) is 8.24. The summed E-state index contributed by atoms with van der Waals surface area (Å²) in [7, 11) is -3.50. The Morgan fingerprint density at radius 2 is 1.96 bits per heavy atom. The molecule has 0 aromatic heterocycles. The van der Waals surface area contributed by atoms with Crippen molar-refractivity contribution >= 4 is 16.0 Å². The van der Waals surface area contributed by atoms with Gasteiger partial charge in [0, 0.05) is 19.5 Å². The van der Waals surface area contributed by atoms with E-state index in [2.05, 4.69) is 0 Å². The molecule has 1 saturated heterocycles. The number of carbonyl (C=O) groups excluding carboxylic acids is 1. The topological polar surface area (TPSA) is 96.7 Å². The minimum atomic E-state index is -3.50. The number of nitrogens with zero attached hydrogens (tertiary/aromatic N) is 2. The first-order valence-corrected chi connectivity index (χ1v) is 9.13. The van der Waals surface area contributed by atoms with Crippen molar-refractivity contribution in [3.05, 3.63) is 29.8 Å². The van der Waals surface area contributed by atoms with Gasteiger partial charge in [-0.2, -0.15) is 9.57 Å². The molecule has 1 atom stereocenters. The number of nitriles is 1. The molecule has 130 valence electrons. The molecular weight excluding hydrogens is 332 g/mol. The van der Waals surface area contributed by atoms with Crippen molar-refractivity contribution in [2.24, 2.45) is 0 Å². The van der Waals surface area contributed by atoms with Crippen LogP contribution in [0.25, 0.3) is 0 Å². The van der Waals surface area contributed by atoms with Crippen molar-refractivity contribution in [1.29, 1.82) is 5.26 Å². The van der Waals surface area contributed by atoms with E-state index in [-0.39, 0.29) is 11.3 Å². The molecule has 0 bridgehead atoms. The van der Waals surface area contributed by atoms with Gasteiger partial charge in [0.05, 0.1) is 18.1 Å². The summed E-state index contributed by atoms with van der Waals surface area (Å²) in [4.78, 5) is 11.8. The van der Waals surface area contributed by atoms with Crippen LogP contribution in [0.1, 0.15) is 18.9 Å². The molecule has 24 heavy (non-hydrogen) atoms. The largest absolute Gasteiger partial charge is 0.447 e. The highest BCUT2D eigenvalue weighted by Crippen LogP contribution is 2.18. The van der Waals surface area contributed by atoms with Gasteiger partial charge in [-0.25, -0.2) is 8.42 Å². The Kier molecular flexibility index (Phi) is 6.31. The molecule has 0 unspecified atom stereocenters. The van der Waals surface area contributed by atoms with Crippen LogP contribution >= 0.6 is 0 Å². The van der Waals surface area contributed by atoms with Crippen molar-refractivity contribution in [3.63, 3.8) is 0 Å². The van der Waals surface area contributed by atoms with Gasteiger partial charge in [0.2, 0.25) is 10.0 Å². The summed E-state index contributed by atoms with van der Waals surface area (Å²) in [6.07, 6.45) is -0.199. The van der Waals surface area contributed by atoms with Gasteiger partial charge >= 0.3 is 5.97 Å². The van der Waals surface area contributed by atoms with Crippen LogP contribution in [0.15, 0.2) is 29.2 Å². The van der Waals surface area contributed by atoms with E-state index in [0.717, 1.165) is 5.56 Å². The van der Waals surface area contributed by atoms with E-state index in [1.807, 2.05) is 6.07 Å². The molecule has 1 heterocycles. The Balaban J connectivity index is 1.95. The van der Waals surface area contributed by atoms with Gasteiger partial charge < -0.3 is 9.47 Å². The number of carbonyl (C=O) groups is 1. The van der Waals surface area contributed by atoms with Gasteiger partial charge in [-0.05, 0) is 31.0 Å². The van der Waals surface area contributed by atoms with E-state index in [1.54, 1.807) is 24.3 Å². The minimum Gasteiger partial charge on any atom is -0.447 e. The lowest BCUT2D eigenvalue weighted by Gasteiger charge is -2.26. The highest BCUT2D eigenvalue weighted by molar-refractivity contribution is 7.89. The molecule has 1 aliphatic heterocycles. The van der Waals surface area contributed by atoms with Crippen LogP contribution < -0.4 is 0 Å². The maximum absolute atomic E-state index is 12.5. The van der Waals surface area contributed by atoms with E-state index < -0.39 is 22.1 Å². The summed E-state index contributed by atoms with van der Waals surface area (Å²) in [6, 6.07) is 8.29. The highest BCUT2D eigenvalue weighted by Gasteiger charge is 2.26. The molecule has 1 aliphatic rings.